The number of thiocarbonyl (C=S) groups is 1. The van der Waals surface area contributed by atoms with Crippen LogP contribution in [-0.2, 0) is 0 Å². The minimum atomic E-state index is -0.583. The van der Waals surface area contributed by atoms with Crippen LogP contribution in [-0.4, -0.2) is 9.97 Å². The lowest BCUT2D eigenvalue weighted by molar-refractivity contribution is 0.470. The summed E-state index contributed by atoms with van der Waals surface area (Å²) in [6.45, 7) is 0. The fraction of sp³-hybridized carbons (Fsp3) is 0. The van der Waals surface area contributed by atoms with E-state index in [0.29, 0.717) is 15.9 Å². The van der Waals surface area contributed by atoms with Crippen LogP contribution in [0.3, 0.4) is 0 Å². The van der Waals surface area contributed by atoms with Crippen molar-refractivity contribution in [2.24, 2.45) is 5.73 Å². The Labute approximate surface area is 127 Å². The van der Waals surface area contributed by atoms with Crippen molar-refractivity contribution in [3.8, 4) is 11.5 Å². The van der Waals surface area contributed by atoms with Crippen LogP contribution in [0.1, 0.15) is 5.69 Å². The molecule has 7 heteroatoms. The highest BCUT2D eigenvalue weighted by molar-refractivity contribution is 9.10. The number of halogens is 3. The van der Waals surface area contributed by atoms with E-state index in [1.54, 1.807) is 18.3 Å². The molecule has 1 aromatic heterocycles. The lowest BCUT2D eigenvalue weighted by Gasteiger charge is -2.11. The van der Waals surface area contributed by atoms with E-state index >= 15 is 0 Å². The first-order valence-electron chi connectivity index (χ1n) is 5.06. The number of nitrogens with zero attached hydrogens (tertiary/aromatic N) is 1. The van der Waals surface area contributed by atoms with Crippen LogP contribution in [0.25, 0.3) is 0 Å². The molecule has 1 aromatic carbocycles. The van der Waals surface area contributed by atoms with E-state index in [1.807, 2.05) is 0 Å². The van der Waals surface area contributed by atoms with Crippen LogP contribution >= 0.6 is 39.7 Å². The number of ether oxygens (including phenoxy) is 1. The van der Waals surface area contributed by atoms with E-state index in [0.717, 1.165) is 0 Å². The summed E-state index contributed by atoms with van der Waals surface area (Å²) in [5.41, 5.74) is 5.88. The van der Waals surface area contributed by atoms with Gasteiger partial charge in [0.25, 0.3) is 0 Å². The van der Waals surface area contributed by atoms with Crippen molar-refractivity contribution in [2.75, 3.05) is 0 Å². The molecule has 0 fully saturated rings. The average molecular weight is 362 g/mol. The van der Waals surface area contributed by atoms with Gasteiger partial charge in [0.05, 0.1) is 9.50 Å². The molecule has 0 atom stereocenters. The first-order valence-corrected chi connectivity index (χ1v) is 6.64. The second-order valence-electron chi connectivity index (χ2n) is 3.51. The number of benzene rings is 1. The smallest absolute Gasteiger partial charge is 0.156 e. The second kappa shape index (κ2) is 5.81. The van der Waals surface area contributed by atoms with Crippen LogP contribution in [0.5, 0.6) is 11.5 Å². The molecule has 1 heterocycles. The van der Waals surface area contributed by atoms with Crippen LogP contribution in [0.15, 0.2) is 34.9 Å². The van der Waals surface area contributed by atoms with Crippen molar-refractivity contribution in [3.05, 3.63) is 51.5 Å². The highest BCUT2D eigenvalue weighted by Crippen LogP contribution is 2.34. The van der Waals surface area contributed by atoms with Gasteiger partial charge in [-0.25, -0.2) is 9.37 Å². The Hall–Kier alpha value is -1.24. The maximum Gasteiger partial charge on any atom is 0.156 e. The highest BCUT2D eigenvalue weighted by atomic mass is 79.9. The summed E-state index contributed by atoms with van der Waals surface area (Å²) in [7, 11) is 0. The molecule has 0 aliphatic carbocycles. The van der Waals surface area contributed by atoms with Gasteiger partial charge in [0.1, 0.15) is 22.2 Å². The normalized spacial score (nSPS) is 10.3. The molecule has 0 amide bonds. The minimum absolute atomic E-state index is 0.0000177. The Balaban J connectivity index is 2.42. The lowest BCUT2D eigenvalue weighted by Crippen LogP contribution is -2.12. The molecule has 2 aromatic rings. The Morgan fingerprint density at radius 1 is 1.42 bits per heavy atom. The Kier molecular flexibility index (Phi) is 4.34. The molecule has 0 unspecified atom stereocenters. The fourth-order valence-electron chi connectivity index (χ4n) is 1.36. The third-order valence-electron chi connectivity index (χ3n) is 2.20. The largest absolute Gasteiger partial charge is 0.454 e. The summed E-state index contributed by atoms with van der Waals surface area (Å²) in [4.78, 5) is 4.12. The summed E-state index contributed by atoms with van der Waals surface area (Å²) < 4.78 is 19.5. The first-order chi connectivity index (χ1) is 8.99. The summed E-state index contributed by atoms with van der Waals surface area (Å²) in [6, 6.07) is 5.88. The number of hydrogen-bond acceptors (Lipinski definition) is 3. The monoisotopic (exact) mass is 360 g/mol. The molecule has 2 rings (SSSR count). The van der Waals surface area contributed by atoms with Gasteiger partial charge in [-0.05, 0) is 34.1 Å². The molecule has 0 saturated carbocycles. The van der Waals surface area contributed by atoms with Gasteiger partial charge in [0.2, 0.25) is 0 Å². The molecule has 0 radical (unpaired) electrons. The van der Waals surface area contributed by atoms with Crippen molar-refractivity contribution in [1.29, 1.82) is 0 Å². The lowest BCUT2D eigenvalue weighted by atomic mass is 10.3. The second-order valence-corrected chi connectivity index (χ2v) is 5.21. The van der Waals surface area contributed by atoms with Crippen LogP contribution < -0.4 is 10.5 Å². The molecule has 3 nitrogen and oxygen atoms in total. The third kappa shape index (κ3) is 3.20. The van der Waals surface area contributed by atoms with E-state index in [9.17, 15) is 4.39 Å². The average Bonchev–Trinajstić information content (AvgIpc) is 2.36. The first kappa shape index (κ1) is 14.2. The number of rotatable bonds is 3. The molecule has 0 bridgehead atoms. The zero-order valence-electron chi connectivity index (χ0n) is 9.36. The van der Waals surface area contributed by atoms with E-state index < -0.39 is 5.82 Å². The summed E-state index contributed by atoms with van der Waals surface area (Å²) >= 11 is 13.8. The predicted molar refractivity (Wildman–Crippen MR) is 79.3 cm³/mol. The zero-order valence-corrected chi connectivity index (χ0v) is 12.5. The van der Waals surface area contributed by atoms with E-state index in [2.05, 4.69) is 20.9 Å². The van der Waals surface area contributed by atoms with Gasteiger partial charge in [-0.1, -0.05) is 23.8 Å². The minimum Gasteiger partial charge on any atom is -0.454 e. The van der Waals surface area contributed by atoms with Crippen LogP contribution in [0, 0.1) is 5.82 Å². The van der Waals surface area contributed by atoms with Gasteiger partial charge in [-0.15, -0.1) is 0 Å². The Morgan fingerprint density at radius 3 is 2.84 bits per heavy atom. The van der Waals surface area contributed by atoms with Crippen molar-refractivity contribution < 1.29 is 9.13 Å². The summed E-state index contributed by atoms with van der Waals surface area (Å²) in [5.74, 6) is 0.0189. The topological polar surface area (TPSA) is 48.1 Å². The van der Waals surface area contributed by atoms with Crippen LogP contribution in [0.2, 0.25) is 5.02 Å². The molecule has 19 heavy (non-hydrogen) atoms. The molecular weight excluding hydrogens is 355 g/mol. The van der Waals surface area contributed by atoms with E-state index in [4.69, 9.17) is 34.3 Å². The van der Waals surface area contributed by atoms with E-state index in [1.165, 1.54) is 12.1 Å². The number of pyridine rings is 1. The number of nitrogens with two attached hydrogens (primary N) is 1. The van der Waals surface area contributed by atoms with Gasteiger partial charge in [-0.3, -0.25) is 0 Å². The summed E-state index contributed by atoms with van der Waals surface area (Å²) in [6.07, 6.45) is 1.54. The molecule has 0 aliphatic rings. The molecule has 0 spiro atoms. The molecule has 98 valence electrons. The highest BCUT2D eigenvalue weighted by Gasteiger charge is 2.12. The molecule has 0 saturated heterocycles. The maximum absolute atomic E-state index is 13.4. The van der Waals surface area contributed by atoms with Gasteiger partial charge >= 0.3 is 0 Å². The zero-order chi connectivity index (χ0) is 14.0. The van der Waals surface area contributed by atoms with Crippen molar-refractivity contribution in [3.63, 3.8) is 0 Å². The van der Waals surface area contributed by atoms with Crippen molar-refractivity contribution in [2.45, 2.75) is 0 Å². The number of hydrogen-bond donors (Lipinski definition) is 1. The summed E-state index contributed by atoms with van der Waals surface area (Å²) in [5, 5.41) is -0.0000177. The van der Waals surface area contributed by atoms with Gasteiger partial charge in [0.15, 0.2) is 5.75 Å². The Bertz CT molecular complexity index is 654. The van der Waals surface area contributed by atoms with Gasteiger partial charge in [-0.2, -0.15) is 0 Å². The SMILES string of the molecule is NC(=S)c1ncccc1Oc1cc(F)c(Cl)cc1Br. The third-order valence-corrected chi connectivity index (χ3v) is 3.30. The van der Waals surface area contributed by atoms with E-state index in [-0.39, 0.29) is 15.8 Å². The molecular formula is C12H7BrClFN2OS. The fourth-order valence-corrected chi connectivity index (χ4v) is 2.23. The molecule has 2 N–H and O–H groups in total. The quantitative estimate of drug-likeness (QED) is 0.661. The standard InChI is InChI=1S/C12H7BrClFN2OS/c13-6-4-7(14)8(15)5-10(6)18-9-2-1-3-17-11(9)12(16)19/h1-5H,(H2,16,19). The maximum atomic E-state index is 13.4. The van der Waals surface area contributed by atoms with Gasteiger partial charge in [0, 0.05) is 12.3 Å². The van der Waals surface area contributed by atoms with Gasteiger partial charge < -0.3 is 10.5 Å². The molecule has 0 aliphatic heterocycles. The Morgan fingerprint density at radius 2 is 2.16 bits per heavy atom. The van der Waals surface area contributed by atoms with Crippen LogP contribution in [0.4, 0.5) is 4.39 Å². The van der Waals surface area contributed by atoms with Crippen molar-refractivity contribution >= 4 is 44.7 Å². The number of aromatic nitrogens is 1. The predicted octanol–water partition coefficient (Wildman–Crippen LogP) is 4.06. The van der Waals surface area contributed by atoms with Crippen molar-refractivity contribution in [1.82, 2.24) is 4.98 Å².